The molecular formula is C15H16BrN3O3. The van der Waals surface area contributed by atoms with Crippen LogP contribution in [-0.4, -0.2) is 29.2 Å². The van der Waals surface area contributed by atoms with Gasteiger partial charge in [-0.15, -0.1) is 0 Å². The van der Waals surface area contributed by atoms with E-state index in [0.29, 0.717) is 12.2 Å². The second-order valence-corrected chi connectivity index (χ2v) is 5.52. The number of nitro benzene ring substituents is 1. The largest absolute Gasteiger partial charge is 0.388 e. The van der Waals surface area contributed by atoms with Crippen molar-refractivity contribution in [3.05, 3.63) is 57.1 Å². The summed E-state index contributed by atoms with van der Waals surface area (Å²) in [5.74, 6) is 0. The highest BCUT2D eigenvalue weighted by molar-refractivity contribution is 9.10. The van der Waals surface area contributed by atoms with E-state index in [0.717, 1.165) is 15.2 Å². The van der Waals surface area contributed by atoms with Gasteiger partial charge in [0.1, 0.15) is 5.69 Å². The van der Waals surface area contributed by atoms with Gasteiger partial charge in [-0.3, -0.25) is 10.1 Å². The number of hydrogen-bond acceptors (Lipinski definition) is 5. The van der Waals surface area contributed by atoms with Gasteiger partial charge in [-0.25, -0.2) is 0 Å². The lowest BCUT2D eigenvalue weighted by Gasteiger charge is -2.10. The Hall–Kier alpha value is -1.96. The number of nitro groups is 1. The van der Waals surface area contributed by atoms with E-state index in [2.05, 4.69) is 21.2 Å². The average Bonchev–Trinajstić information content (AvgIpc) is 2.51. The molecule has 0 aliphatic heterocycles. The molecule has 2 aromatic rings. The first-order chi connectivity index (χ1) is 10.5. The Balaban J connectivity index is 2.37. The minimum atomic E-state index is -0.710. The standard InChI is InChI=1S/C15H16BrN3O3/c16-13-5-1-4-12-11(13)6-7-14(19(21)22)15(12)18-8-2-3-10(20)9-17/h1-7,10,18,20H,8-9,17H2/b3-2+/t10-/m1/s1. The molecule has 6 nitrogen and oxygen atoms in total. The van der Waals surface area contributed by atoms with Crippen molar-refractivity contribution in [2.75, 3.05) is 18.4 Å². The molecule has 22 heavy (non-hydrogen) atoms. The van der Waals surface area contributed by atoms with Gasteiger partial charge in [-0.2, -0.15) is 0 Å². The van der Waals surface area contributed by atoms with Gasteiger partial charge in [0.05, 0.1) is 11.0 Å². The Labute approximate surface area is 135 Å². The molecule has 0 fully saturated rings. The Morgan fingerprint density at radius 1 is 1.36 bits per heavy atom. The molecule has 0 bridgehead atoms. The number of benzene rings is 2. The summed E-state index contributed by atoms with van der Waals surface area (Å²) in [6.45, 7) is 0.487. The molecule has 0 radical (unpaired) electrons. The van der Waals surface area contributed by atoms with E-state index in [-0.39, 0.29) is 12.2 Å². The average molecular weight is 366 g/mol. The first-order valence-electron chi connectivity index (χ1n) is 6.69. The summed E-state index contributed by atoms with van der Waals surface area (Å²) in [5, 5.41) is 25.3. The molecule has 0 heterocycles. The molecule has 0 unspecified atom stereocenters. The van der Waals surface area contributed by atoms with Crippen LogP contribution >= 0.6 is 15.9 Å². The number of fused-ring (bicyclic) bond motifs is 1. The van der Waals surface area contributed by atoms with Gasteiger partial charge in [-0.05, 0) is 17.5 Å². The molecule has 0 spiro atoms. The third kappa shape index (κ3) is 3.62. The van der Waals surface area contributed by atoms with E-state index in [1.807, 2.05) is 18.2 Å². The van der Waals surface area contributed by atoms with Crippen molar-refractivity contribution in [1.82, 2.24) is 0 Å². The second kappa shape index (κ2) is 7.35. The Kier molecular flexibility index (Phi) is 5.48. The lowest BCUT2D eigenvalue weighted by molar-refractivity contribution is -0.383. The van der Waals surface area contributed by atoms with Crippen LogP contribution in [0.1, 0.15) is 0 Å². The summed E-state index contributed by atoms with van der Waals surface area (Å²) in [4.78, 5) is 10.8. The number of anilines is 1. The molecule has 2 rings (SSSR count). The van der Waals surface area contributed by atoms with Crippen LogP contribution in [0.3, 0.4) is 0 Å². The Bertz CT molecular complexity index is 718. The fraction of sp³-hybridized carbons (Fsp3) is 0.200. The lowest BCUT2D eigenvalue weighted by Crippen LogP contribution is -2.17. The molecule has 116 valence electrons. The van der Waals surface area contributed by atoms with Crippen LogP contribution in [0.4, 0.5) is 11.4 Å². The minimum absolute atomic E-state index is 0.0124. The second-order valence-electron chi connectivity index (χ2n) is 4.66. The Morgan fingerprint density at radius 2 is 2.14 bits per heavy atom. The van der Waals surface area contributed by atoms with E-state index >= 15 is 0 Å². The van der Waals surface area contributed by atoms with E-state index in [4.69, 9.17) is 5.73 Å². The van der Waals surface area contributed by atoms with Crippen LogP contribution in [0, 0.1) is 10.1 Å². The van der Waals surface area contributed by atoms with Crippen molar-refractivity contribution in [2.24, 2.45) is 5.73 Å². The molecule has 4 N–H and O–H groups in total. The smallest absolute Gasteiger partial charge is 0.292 e. The summed E-state index contributed by atoms with van der Waals surface area (Å²) >= 11 is 3.44. The molecule has 2 aromatic carbocycles. The number of hydrogen-bond donors (Lipinski definition) is 3. The maximum absolute atomic E-state index is 11.2. The minimum Gasteiger partial charge on any atom is -0.388 e. The number of rotatable bonds is 6. The normalized spacial score (nSPS) is 12.7. The zero-order valence-electron chi connectivity index (χ0n) is 11.7. The van der Waals surface area contributed by atoms with Crippen molar-refractivity contribution in [1.29, 1.82) is 0 Å². The van der Waals surface area contributed by atoms with Gasteiger partial charge in [0, 0.05) is 29.0 Å². The third-order valence-corrected chi connectivity index (χ3v) is 3.87. The van der Waals surface area contributed by atoms with Crippen molar-refractivity contribution in [3.63, 3.8) is 0 Å². The predicted octanol–water partition coefficient (Wildman–Crippen LogP) is 2.80. The number of aliphatic hydroxyl groups is 1. The molecule has 0 saturated heterocycles. The first kappa shape index (κ1) is 16.4. The Morgan fingerprint density at radius 3 is 2.82 bits per heavy atom. The summed E-state index contributed by atoms with van der Waals surface area (Å²) < 4.78 is 0.872. The summed E-state index contributed by atoms with van der Waals surface area (Å²) in [6, 6.07) is 8.74. The fourth-order valence-electron chi connectivity index (χ4n) is 2.11. The molecule has 0 aliphatic carbocycles. The summed E-state index contributed by atoms with van der Waals surface area (Å²) in [6.07, 6.45) is 2.54. The number of aliphatic hydroxyl groups excluding tert-OH is 1. The van der Waals surface area contributed by atoms with Crippen molar-refractivity contribution in [3.8, 4) is 0 Å². The zero-order chi connectivity index (χ0) is 16.1. The van der Waals surface area contributed by atoms with Gasteiger partial charge >= 0.3 is 0 Å². The highest BCUT2D eigenvalue weighted by Crippen LogP contribution is 2.36. The highest BCUT2D eigenvalue weighted by Gasteiger charge is 2.17. The van der Waals surface area contributed by atoms with E-state index in [1.165, 1.54) is 6.07 Å². The van der Waals surface area contributed by atoms with Gasteiger partial charge in [0.2, 0.25) is 0 Å². The fourth-order valence-corrected chi connectivity index (χ4v) is 2.61. The SMILES string of the molecule is NC[C@H](O)/C=C/CNc1c([N+](=O)[O-])ccc2c(Br)cccc12. The molecule has 0 amide bonds. The van der Waals surface area contributed by atoms with E-state index in [1.54, 1.807) is 18.2 Å². The van der Waals surface area contributed by atoms with Crippen LogP contribution in [0.2, 0.25) is 0 Å². The highest BCUT2D eigenvalue weighted by atomic mass is 79.9. The van der Waals surface area contributed by atoms with Crippen LogP contribution in [-0.2, 0) is 0 Å². The topological polar surface area (TPSA) is 101 Å². The van der Waals surface area contributed by atoms with Crippen LogP contribution in [0.25, 0.3) is 10.8 Å². The summed E-state index contributed by atoms with van der Waals surface area (Å²) in [5.41, 5.74) is 5.77. The molecule has 0 saturated carbocycles. The molecule has 1 atom stereocenters. The van der Waals surface area contributed by atoms with Gasteiger partial charge in [-0.1, -0.05) is 40.2 Å². The zero-order valence-corrected chi connectivity index (χ0v) is 13.3. The number of nitrogens with two attached hydrogens (primary N) is 1. The van der Waals surface area contributed by atoms with E-state index < -0.39 is 11.0 Å². The number of nitrogens with zero attached hydrogens (tertiary/aromatic N) is 1. The maximum Gasteiger partial charge on any atom is 0.292 e. The van der Waals surface area contributed by atoms with Crippen molar-refractivity contribution >= 4 is 38.1 Å². The van der Waals surface area contributed by atoms with Crippen LogP contribution < -0.4 is 11.1 Å². The molecule has 0 aromatic heterocycles. The molecule has 0 aliphatic rings. The van der Waals surface area contributed by atoms with E-state index in [9.17, 15) is 15.2 Å². The first-order valence-corrected chi connectivity index (χ1v) is 7.48. The van der Waals surface area contributed by atoms with Crippen molar-refractivity contribution < 1.29 is 10.0 Å². The summed E-state index contributed by atoms with van der Waals surface area (Å²) in [7, 11) is 0. The van der Waals surface area contributed by atoms with Gasteiger partial charge in [0.25, 0.3) is 5.69 Å². The quantitative estimate of drug-likeness (QED) is 0.415. The van der Waals surface area contributed by atoms with Gasteiger partial charge < -0.3 is 16.2 Å². The monoisotopic (exact) mass is 365 g/mol. The third-order valence-electron chi connectivity index (χ3n) is 3.18. The lowest BCUT2D eigenvalue weighted by atomic mass is 10.1. The van der Waals surface area contributed by atoms with Gasteiger partial charge in [0.15, 0.2) is 0 Å². The number of halogens is 1. The van der Waals surface area contributed by atoms with Crippen LogP contribution in [0.15, 0.2) is 47.0 Å². The van der Waals surface area contributed by atoms with Crippen molar-refractivity contribution in [2.45, 2.75) is 6.10 Å². The number of nitrogens with one attached hydrogen (secondary N) is 1. The van der Waals surface area contributed by atoms with Crippen LogP contribution in [0.5, 0.6) is 0 Å². The molecular weight excluding hydrogens is 350 g/mol. The predicted molar refractivity (Wildman–Crippen MR) is 91.0 cm³/mol. The molecule has 7 heteroatoms. The maximum atomic E-state index is 11.2.